The van der Waals surface area contributed by atoms with E-state index in [1.807, 2.05) is 24.4 Å². The molecule has 0 aromatic carbocycles. The smallest absolute Gasteiger partial charge is 0.341 e. The van der Waals surface area contributed by atoms with Crippen LogP contribution in [0.2, 0.25) is 0 Å². The number of carbonyl (C=O) groups is 1. The Bertz CT molecular complexity index is 629. The summed E-state index contributed by atoms with van der Waals surface area (Å²) >= 11 is 1.54. The highest BCUT2D eigenvalue weighted by atomic mass is 32.1. The first-order valence-corrected chi connectivity index (χ1v) is 7.04. The van der Waals surface area contributed by atoms with Gasteiger partial charge in [-0.2, -0.15) is 0 Å². The summed E-state index contributed by atoms with van der Waals surface area (Å²) in [5, 5.41) is 11.0. The van der Waals surface area contributed by atoms with Crippen LogP contribution in [-0.4, -0.2) is 15.6 Å². The van der Waals surface area contributed by atoms with Crippen molar-refractivity contribution < 1.29 is 9.90 Å². The molecule has 0 aliphatic heterocycles. The van der Waals surface area contributed by atoms with Gasteiger partial charge in [0.1, 0.15) is 5.56 Å². The van der Waals surface area contributed by atoms with Crippen molar-refractivity contribution in [3.05, 3.63) is 45.6 Å². The Morgan fingerprint density at radius 1 is 1.37 bits per heavy atom. The van der Waals surface area contributed by atoms with E-state index in [1.165, 1.54) is 17.4 Å². The maximum atomic E-state index is 12.2. The largest absolute Gasteiger partial charge is 0.477 e. The van der Waals surface area contributed by atoms with E-state index in [2.05, 4.69) is 0 Å². The van der Waals surface area contributed by atoms with Crippen molar-refractivity contribution in [2.75, 3.05) is 0 Å². The minimum absolute atomic E-state index is 0.170. The third-order valence-electron chi connectivity index (χ3n) is 2.91. The summed E-state index contributed by atoms with van der Waals surface area (Å²) in [5.74, 6) is -1.17. The Balaban J connectivity index is 2.58. The van der Waals surface area contributed by atoms with Gasteiger partial charge in [-0.3, -0.25) is 4.79 Å². The Hall–Kier alpha value is -1.88. The molecular weight excluding hydrogens is 262 g/mol. The molecule has 0 saturated carbocycles. The fourth-order valence-electron chi connectivity index (χ4n) is 1.92. The van der Waals surface area contributed by atoms with Crippen LogP contribution in [0.1, 0.15) is 30.1 Å². The zero-order valence-corrected chi connectivity index (χ0v) is 11.4. The van der Waals surface area contributed by atoms with Crippen LogP contribution >= 0.6 is 11.3 Å². The first-order valence-electron chi connectivity index (χ1n) is 6.16. The molecule has 0 bridgehead atoms. The summed E-state index contributed by atoms with van der Waals surface area (Å²) in [5.41, 5.74) is 0.196. The fourth-order valence-corrected chi connectivity index (χ4v) is 2.68. The molecule has 2 rings (SSSR count). The maximum absolute atomic E-state index is 12.2. The van der Waals surface area contributed by atoms with Gasteiger partial charge in [0, 0.05) is 6.54 Å². The average Bonchev–Trinajstić information content (AvgIpc) is 2.90. The quantitative estimate of drug-likeness (QED) is 0.913. The van der Waals surface area contributed by atoms with Crippen LogP contribution in [-0.2, 0) is 6.54 Å². The van der Waals surface area contributed by atoms with Gasteiger partial charge in [-0.05, 0) is 30.0 Å². The zero-order chi connectivity index (χ0) is 13.8. The molecule has 2 heterocycles. The van der Waals surface area contributed by atoms with Crippen molar-refractivity contribution in [3.63, 3.8) is 0 Å². The summed E-state index contributed by atoms with van der Waals surface area (Å²) < 4.78 is 1.57. The molecular formula is C14H15NO3S. The number of unbranched alkanes of at least 4 members (excludes halogenated alkanes) is 1. The van der Waals surface area contributed by atoms with Gasteiger partial charge in [0.15, 0.2) is 0 Å². The van der Waals surface area contributed by atoms with Gasteiger partial charge in [-0.25, -0.2) is 4.79 Å². The molecule has 2 aromatic rings. The number of aromatic carboxylic acids is 1. The third kappa shape index (κ3) is 2.76. The third-order valence-corrected chi connectivity index (χ3v) is 3.81. The Morgan fingerprint density at radius 3 is 2.74 bits per heavy atom. The molecule has 1 N–H and O–H groups in total. The lowest BCUT2D eigenvalue weighted by atomic mass is 10.2. The van der Waals surface area contributed by atoms with Crippen LogP contribution in [0.15, 0.2) is 34.4 Å². The summed E-state index contributed by atoms with van der Waals surface area (Å²) in [6.45, 7) is 2.58. The standard InChI is InChI=1S/C14H15NO3S/c1-2-3-8-15-11(12-5-4-9-19-12)7-6-10(13(15)16)14(17)18/h4-7,9H,2-3,8H2,1H3,(H,17,18). The molecule has 2 aromatic heterocycles. The normalized spacial score (nSPS) is 10.6. The first kappa shape index (κ1) is 13.5. The molecule has 0 aliphatic carbocycles. The number of hydrogen-bond donors (Lipinski definition) is 1. The number of hydrogen-bond acceptors (Lipinski definition) is 3. The molecule has 0 fully saturated rings. The van der Waals surface area contributed by atoms with Crippen molar-refractivity contribution in [1.82, 2.24) is 4.57 Å². The molecule has 4 nitrogen and oxygen atoms in total. The van der Waals surface area contributed by atoms with Crippen LogP contribution in [0.25, 0.3) is 10.6 Å². The molecule has 0 aliphatic rings. The number of nitrogens with zero attached hydrogens (tertiary/aromatic N) is 1. The summed E-state index contributed by atoms with van der Waals surface area (Å²) in [6, 6.07) is 6.95. The van der Waals surface area contributed by atoms with E-state index in [0.717, 1.165) is 23.4 Å². The average molecular weight is 277 g/mol. The van der Waals surface area contributed by atoms with E-state index in [4.69, 9.17) is 5.11 Å². The van der Waals surface area contributed by atoms with Crippen LogP contribution < -0.4 is 5.56 Å². The summed E-state index contributed by atoms with van der Waals surface area (Å²) in [4.78, 5) is 24.2. The SMILES string of the molecule is CCCCn1c(-c2cccs2)ccc(C(=O)O)c1=O. The number of carboxylic acids is 1. The minimum atomic E-state index is -1.17. The maximum Gasteiger partial charge on any atom is 0.341 e. The van der Waals surface area contributed by atoms with Crippen molar-refractivity contribution in [3.8, 4) is 10.6 Å². The fraction of sp³-hybridized carbons (Fsp3) is 0.286. The van der Waals surface area contributed by atoms with Crippen molar-refractivity contribution in [2.45, 2.75) is 26.3 Å². The monoisotopic (exact) mass is 277 g/mol. The van der Waals surface area contributed by atoms with Gasteiger partial charge < -0.3 is 9.67 Å². The highest BCUT2D eigenvalue weighted by molar-refractivity contribution is 7.13. The predicted molar refractivity (Wildman–Crippen MR) is 75.9 cm³/mol. The second-order valence-electron chi connectivity index (χ2n) is 4.23. The molecule has 0 unspecified atom stereocenters. The number of thiophene rings is 1. The van der Waals surface area contributed by atoms with Gasteiger partial charge in [0.2, 0.25) is 0 Å². The topological polar surface area (TPSA) is 59.3 Å². The molecule has 5 heteroatoms. The molecule has 0 amide bonds. The number of carboxylic acid groups (broad SMARTS) is 1. The predicted octanol–water partition coefficient (Wildman–Crippen LogP) is 3.08. The minimum Gasteiger partial charge on any atom is -0.477 e. The Kier molecular flexibility index (Phi) is 4.16. The molecule has 19 heavy (non-hydrogen) atoms. The second kappa shape index (κ2) is 5.84. The van der Waals surface area contributed by atoms with Crippen molar-refractivity contribution >= 4 is 17.3 Å². The summed E-state index contributed by atoms with van der Waals surface area (Å²) in [6.07, 6.45) is 1.80. The lowest BCUT2D eigenvalue weighted by Gasteiger charge is -2.12. The highest BCUT2D eigenvalue weighted by Crippen LogP contribution is 2.24. The first-order chi connectivity index (χ1) is 9.15. The van der Waals surface area contributed by atoms with Gasteiger partial charge in [0.25, 0.3) is 5.56 Å². The van der Waals surface area contributed by atoms with E-state index >= 15 is 0 Å². The van der Waals surface area contributed by atoms with Gasteiger partial charge in [0.05, 0.1) is 10.6 Å². The Morgan fingerprint density at radius 2 is 2.16 bits per heavy atom. The van der Waals surface area contributed by atoms with Crippen LogP contribution in [0.4, 0.5) is 0 Å². The van der Waals surface area contributed by atoms with E-state index < -0.39 is 11.5 Å². The number of rotatable bonds is 5. The van der Waals surface area contributed by atoms with Crippen molar-refractivity contribution in [1.29, 1.82) is 0 Å². The van der Waals surface area contributed by atoms with E-state index in [9.17, 15) is 9.59 Å². The van der Waals surface area contributed by atoms with Gasteiger partial charge in [-0.1, -0.05) is 19.4 Å². The molecule has 0 radical (unpaired) electrons. The molecule has 100 valence electrons. The van der Waals surface area contributed by atoms with Crippen LogP contribution in [0.5, 0.6) is 0 Å². The number of pyridine rings is 1. The van der Waals surface area contributed by atoms with Crippen LogP contribution in [0.3, 0.4) is 0 Å². The van der Waals surface area contributed by atoms with Gasteiger partial charge >= 0.3 is 5.97 Å². The lowest BCUT2D eigenvalue weighted by Crippen LogP contribution is -2.27. The van der Waals surface area contributed by atoms with Gasteiger partial charge in [-0.15, -0.1) is 11.3 Å². The lowest BCUT2D eigenvalue weighted by molar-refractivity contribution is 0.0694. The highest BCUT2D eigenvalue weighted by Gasteiger charge is 2.15. The number of aromatic nitrogens is 1. The molecule has 0 spiro atoms. The summed E-state index contributed by atoms with van der Waals surface area (Å²) in [7, 11) is 0. The van der Waals surface area contributed by atoms with Crippen LogP contribution in [0, 0.1) is 0 Å². The van der Waals surface area contributed by atoms with E-state index in [1.54, 1.807) is 10.6 Å². The molecule has 0 atom stereocenters. The zero-order valence-electron chi connectivity index (χ0n) is 10.6. The van der Waals surface area contributed by atoms with E-state index in [-0.39, 0.29) is 5.56 Å². The Labute approximate surface area is 115 Å². The second-order valence-corrected chi connectivity index (χ2v) is 5.17. The van der Waals surface area contributed by atoms with E-state index in [0.29, 0.717) is 6.54 Å². The van der Waals surface area contributed by atoms with Crippen molar-refractivity contribution in [2.24, 2.45) is 0 Å². The molecule has 0 saturated heterocycles.